The van der Waals surface area contributed by atoms with E-state index >= 15 is 0 Å². The number of carbonyl (C=O) groups excluding carboxylic acids is 1. The van der Waals surface area contributed by atoms with Crippen LogP contribution in [-0.4, -0.2) is 40.7 Å². The fourth-order valence-corrected chi connectivity index (χ4v) is 1.69. The van der Waals surface area contributed by atoms with E-state index in [0.29, 0.717) is 18.5 Å². The molecule has 1 unspecified atom stereocenters. The molecule has 0 bridgehead atoms. The summed E-state index contributed by atoms with van der Waals surface area (Å²) in [5.74, 6) is -1.01. The zero-order valence-corrected chi connectivity index (χ0v) is 9.51. The Morgan fingerprint density at radius 2 is 2.31 bits per heavy atom. The molecule has 0 fully saturated rings. The van der Waals surface area contributed by atoms with Gasteiger partial charge in [0.2, 0.25) is 0 Å². The van der Waals surface area contributed by atoms with E-state index < -0.39 is 5.97 Å². The SMILES string of the molecule is CCN(C(=O)C1=CN=CC1)C(C)CC(=O)O. The number of aliphatic carboxylic acids is 1. The van der Waals surface area contributed by atoms with Crippen molar-refractivity contribution in [3.05, 3.63) is 11.8 Å². The molecule has 5 nitrogen and oxygen atoms in total. The summed E-state index contributed by atoms with van der Waals surface area (Å²) in [6.45, 7) is 4.09. The highest BCUT2D eigenvalue weighted by Gasteiger charge is 2.23. The molecule has 1 atom stereocenters. The number of nitrogens with zero attached hydrogens (tertiary/aromatic N) is 2. The van der Waals surface area contributed by atoms with E-state index in [1.54, 1.807) is 24.2 Å². The third-order valence-corrected chi connectivity index (χ3v) is 2.53. The van der Waals surface area contributed by atoms with Crippen LogP contribution >= 0.6 is 0 Å². The second-order valence-corrected chi connectivity index (χ2v) is 3.73. The smallest absolute Gasteiger partial charge is 0.305 e. The van der Waals surface area contributed by atoms with E-state index in [2.05, 4.69) is 4.99 Å². The van der Waals surface area contributed by atoms with Gasteiger partial charge in [0.15, 0.2) is 0 Å². The molecule has 0 aromatic carbocycles. The fraction of sp³-hybridized carbons (Fsp3) is 0.545. The maximum absolute atomic E-state index is 12.0. The van der Waals surface area contributed by atoms with Crippen LogP contribution in [0.2, 0.25) is 0 Å². The van der Waals surface area contributed by atoms with Crippen molar-refractivity contribution in [1.29, 1.82) is 0 Å². The van der Waals surface area contributed by atoms with Gasteiger partial charge >= 0.3 is 5.97 Å². The summed E-state index contributed by atoms with van der Waals surface area (Å²) >= 11 is 0. The molecular formula is C11H16N2O3. The lowest BCUT2D eigenvalue weighted by Crippen LogP contribution is -2.40. The Labute approximate surface area is 94.5 Å². The monoisotopic (exact) mass is 224 g/mol. The van der Waals surface area contributed by atoms with Gasteiger partial charge in [-0.3, -0.25) is 14.6 Å². The second-order valence-electron chi connectivity index (χ2n) is 3.73. The van der Waals surface area contributed by atoms with Crippen LogP contribution in [0, 0.1) is 0 Å². The van der Waals surface area contributed by atoms with Crippen molar-refractivity contribution in [1.82, 2.24) is 4.90 Å². The van der Waals surface area contributed by atoms with Crippen molar-refractivity contribution in [2.75, 3.05) is 6.54 Å². The normalized spacial score (nSPS) is 15.8. The molecule has 0 aromatic rings. The maximum Gasteiger partial charge on any atom is 0.305 e. The van der Waals surface area contributed by atoms with Crippen LogP contribution < -0.4 is 0 Å². The molecule has 5 heteroatoms. The van der Waals surface area contributed by atoms with Crippen molar-refractivity contribution in [3.8, 4) is 0 Å². The van der Waals surface area contributed by atoms with Gasteiger partial charge in [-0.1, -0.05) is 0 Å². The fourth-order valence-electron chi connectivity index (χ4n) is 1.69. The van der Waals surface area contributed by atoms with Crippen LogP contribution in [0.25, 0.3) is 0 Å². The van der Waals surface area contributed by atoms with Gasteiger partial charge in [0.25, 0.3) is 5.91 Å². The Kier molecular flexibility index (Phi) is 4.22. The zero-order chi connectivity index (χ0) is 12.1. The molecule has 1 amide bonds. The molecule has 16 heavy (non-hydrogen) atoms. The first-order chi connectivity index (χ1) is 7.56. The van der Waals surface area contributed by atoms with Crippen LogP contribution in [0.4, 0.5) is 0 Å². The topological polar surface area (TPSA) is 70.0 Å². The molecule has 0 aromatic heterocycles. The van der Waals surface area contributed by atoms with Crippen LogP contribution in [0.5, 0.6) is 0 Å². The minimum atomic E-state index is -0.893. The first-order valence-electron chi connectivity index (χ1n) is 5.29. The van der Waals surface area contributed by atoms with Gasteiger partial charge in [-0.2, -0.15) is 0 Å². The largest absolute Gasteiger partial charge is 0.481 e. The maximum atomic E-state index is 12.0. The highest BCUT2D eigenvalue weighted by molar-refractivity contribution is 5.98. The Bertz CT molecular complexity index is 347. The number of hydrogen-bond acceptors (Lipinski definition) is 3. The van der Waals surface area contributed by atoms with E-state index in [-0.39, 0.29) is 18.4 Å². The van der Waals surface area contributed by atoms with Gasteiger partial charge in [-0.05, 0) is 13.8 Å². The van der Waals surface area contributed by atoms with Crippen molar-refractivity contribution >= 4 is 18.1 Å². The average Bonchev–Trinajstić information content (AvgIpc) is 2.69. The van der Waals surface area contributed by atoms with Crippen LogP contribution in [0.3, 0.4) is 0 Å². The number of aliphatic imine (C=N–C) groups is 1. The average molecular weight is 224 g/mol. The number of rotatable bonds is 5. The highest BCUT2D eigenvalue weighted by atomic mass is 16.4. The Morgan fingerprint density at radius 3 is 2.75 bits per heavy atom. The summed E-state index contributed by atoms with van der Waals surface area (Å²) in [6.07, 6.45) is 3.71. The second kappa shape index (κ2) is 5.44. The van der Waals surface area contributed by atoms with Crippen molar-refractivity contribution in [3.63, 3.8) is 0 Å². The first-order valence-corrected chi connectivity index (χ1v) is 5.29. The molecule has 1 rings (SSSR count). The van der Waals surface area contributed by atoms with Gasteiger partial charge in [0.1, 0.15) is 0 Å². The quantitative estimate of drug-likeness (QED) is 0.759. The van der Waals surface area contributed by atoms with E-state index in [9.17, 15) is 9.59 Å². The molecule has 0 radical (unpaired) electrons. The standard InChI is InChI=1S/C11H16N2O3/c1-3-13(8(2)6-10(14)15)11(16)9-4-5-12-7-9/h5,7-8H,3-4,6H2,1-2H3,(H,14,15). The number of amides is 1. The van der Waals surface area contributed by atoms with Crippen molar-refractivity contribution in [2.45, 2.75) is 32.7 Å². The van der Waals surface area contributed by atoms with Gasteiger partial charge in [0, 0.05) is 37.0 Å². The van der Waals surface area contributed by atoms with Crippen LogP contribution in [-0.2, 0) is 9.59 Å². The lowest BCUT2D eigenvalue weighted by Gasteiger charge is -2.27. The Hall–Kier alpha value is -1.65. The first kappa shape index (κ1) is 12.4. The highest BCUT2D eigenvalue weighted by Crippen LogP contribution is 2.14. The van der Waals surface area contributed by atoms with E-state index in [1.807, 2.05) is 6.92 Å². The molecule has 1 aliphatic heterocycles. The number of carbonyl (C=O) groups is 2. The minimum Gasteiger partial charge on any atom is -0.481 e. The summed E-state index contributed by atoms with van der Waals surface area (Å²) in [7, 11) is 0. The number of carboxylic acids is 1. The number of hydrogen-bond donors (Lipinski definition) is 1. The summed E-state index contributed by atoms with van der Waals surface area (Å²) in [4.78, 5) is 28.0. The summed E-state index contributed by atoms with van der Waals surface area (Å²) in [5.41, 5.74) is 0.624. The summed E-state index contributed by atoms with van der Waals surface area (Å²) in [5, 5.41) is 8.70. The molecule has 1 aliphatic rings. The summed E-state index contributed by atoms with van der Waals surface area (Å²) < 4.78 is 0. The van der Waals surface area contributed by atoms with Gasteiger partial charge in [0.05, 0.1) is 6.42 Å². The molecule has 0 saturated carbocycles. The number of likely N-dealkylation sites (N-methyl/N-ethyl adjacent to an activating group) is 1. The number of carboxylic acid groups (broad SMARTS) is 1. The predicted octanol–water partition coefficient (Wildman–Crippen LogP) is 1.06. The Morgan fingerprint density at radius 1 is 1.62 bits per heavy atom. The molecular weight excluding hydrogens is 208 g/mol. The zero-order valence-electron chi connectivity index (χ0n) is 9.51. The van der Waals surface area contributed by atoms with Crippen LogP contribution in [0.1, 0.15) is 26.7 Å². The van der Waals surface area contributed by atoms with E-state index in [4.69, 9.17) is 5.11 Å². The van der Waals surface area contributed by atoms with Crippen molar-refractivity contribution < 1.29 is 14.7 Å². The molecule has 1 heterocycles. The summed E-state index contributed by atoms with van der Waals surface area (Å²) in [6, 6.07) is -0.295. The minimum absolute atomic E-state index is 0.0340. The molecule has 1 N–H and O–H groups in total. The molecule has 0 saturated heterocycles. The van der Waals surface area contributed by atoms with Gasteiger partial charge < -0.3 is 10.0 Å². The lowest BCUT2D eigenvalue weighted by atomic mass is 10.1. The molecule has 88 valence electrons. The third kappa shape index (κ3) is 2.92. The molecule has 0 spiro atoms. The third-order valence-electron chi connectivity index (χ3n) is 2.53. The van der Waals surface area contributed by atoms with E-state index in [1.165, 1.54) is 0 Å². The van der Waals surface area contributed by atoms with Crippen molar-refractivity contribution in [2.24, 2.45) is 4.99 Å². The predicted molar refractivity (Wildman–Crippen MR) is 60.3 cm³/mol. The van der Waals surface area contributed by atoms with E-state index in [0.717, 1.165) is 0 Å². The Balaban J connectivity index is 2.66. The van der Waals surface area contributed by atoms with Gasteiger partial charge in [-0.15, -0.1) is 0 Å². The molecule has 0 aliphatic carbocycles. The van der Waals surface area contributed by atoms with Gasteiger partial charge in [-0.25, -0.2) is 0 Å². The van der Waals surface area contributed by atoms with Crippen LogP contribution in [0.15, 0.2) is 16.8 Å². The lowest BCUT2D eigenvalue weighted by molar-refractivity contribution is -0.139.